The highest BCUT2D eigenvalue weighted by Crippen LogP contribution is 2.28. The van der Waals surface area contributed by atoms with Crippen molar-refractivity contribution in [3.63, 3.8) is 0 Å². The maximum absolute atomic E-state index is 14.0. The van der Waals surface area contributed by atoms with E-state index in [0.29, 0.717) is 5.92 Å². The van der Waals surface area contributed by atoms with Crippen molar-refractivity contribution in [1.29, 1.82) is 0 Å². The third kappa shape index (κ3) is 3.92. The molecule has 2 heteroatoms. The molecule has 0 saturated heterocycles. The summed E-state index contributed by atoms with van der Waals surface area (Å²) < 4.78 is 14.0. The van der Waals surface area contributed by atoms with Crippen LogP contribution in [-0.4, -0.2) is 0 Å². The molecule has 0 saturated carbocycles. The third-order valence-corrected chi connectivity index (χ3v) is 3.89. The monoisotopic (exact) mass is 285 g/mol. The van der Waals surface area contributed by atoms with Gasteiger partial charge in [0.2, 0.25) is 0 Å². The van der Waals surface area contributed by atoms with Gasteiger partial charge in [-0.05, 0) is 24.0 Å². The van der Waals surface area contributed by atoms with Gasteiger partial charge in [0.25, 0.3) is 0 Å². The van der Waals surface area contributed by atoms with Crippen molar-refractivity contribution >= 4 is 0 Å². The molecule has 0 aliphatic heterocycles. The molecule has 2 atom stereocenters. The fourth-order valence-electron chi connectivity index (χ4n) is 2.74. The van der Waals surface area contributed by atoms with Crippen LogP contribution in [0.3, 0.4) is 0 Å². The van der Waals surface area contributed by atoms with Gasteiger partial charge >= 0.3 is 0 Å². The molecule has 0 aliphatic carbocycles. The summed E-state index contributed by atoms with van der Waals surface area (Å²) >= 11 is 0. The molecular formula is C19H24FN. The van der Waals surface area contributed by atoms with Gasteiger partial charge < -0.3 is 5.32 Å². The van der Waals surface area contributed by atoms with E-state index in [1.165, 1.54) is 11.6 Å². The first-order valence-electron chi connectivity index (χ1n) is 7.69. The minimum absolute atomic E-state index is 0.0267. The van der Waals surface area contributed by atoms with E-state index in [1.807, 2.05) is 18.2 Å². The second kappa shape index (κ2) is 7.37. The zero-order valence-corrected chi connectivity index (χ0v) is 13.0. The molecule has 0 spiro atoms. The number of rotatable bonds is 6. The summed E-state index contributed by atoms with van der Waals surface area (Å²) in [4.78, 5) is 0. The molecule has 2 aromatic rings. The van der Waals surface area contributed by atoms with E-state index >= 15 is 0 Å². The fraction of sp³-hybridized carbons (Fsp3) is 0.368. The lowest BCUT2D eigenvalue weighted by atomic mass is 9.93. The van der Waals surface area contributed by atoms with E-state index in [2.05, 4.69) is 50.4 Å². The van der Waals surface area contributed by atoms with Gasteiger partial charge in [-0.3, -0.25) is 0 Å². The summed E-state index contributed by atoms with van der Waals surface area (Å²) in [6, 6.07) is 17.7. The maximum Gasteiger partial charge on any atom is 0.127 e. The van der Waals surface area contributed by atoms with E-state index in [0.717, 1.165) is 12.0 Å². The minimum Gasteiger partial charge on any atom is -0.303 e. The Labute approximate surface area is 127 Å². The molecular weight excluding hydrogens is 261 g/mol. The van der Waals surface area contributed by atoms with Crippen LogP contribution in [0.1, 0.15) is 50.4 Å². The first-order valence-corrected chi connectivity index (χ1v) is 7.69. The molecule has 2 unspecified atom stereocenters. The minimum atomic E-state index is -0.132. The number of benzene rings is 2. The Kier molecular flexibility index (Phi) is 5.51. The molecule has 1 nitrogen and oxygen atoms in total. The molecule has 2 aromatic carbocycles. The molecule has 0 amide bonds. The van der Waals surface area contributed by atoms with E-state index < -0.39 is 0 Å². The average Bonchev–Trinajstić information content (AvgIpc) is 2.50. The van der Waals surface area contributed by atoms with Crippen molar-refractivity contribution in [1.82, 2.24) is 5.32 Å². The van der Waals surface area contributed by atoms with E-state index in [9.17, 15) is 4.39 Å². The fourth-order valence-corrected chi connectivity index (χ4v) is 2.74. The molecule has 0 heterocycles. The average molecular weight is 285 g/mol. The highest BCUT2D eigenvalue weighted by Gasteiger charge is 2.21. The molecule has 1 N–H and O–H groups in total. The molecule has 0 aromatic heterocycles. The lowest BCUT2D eigenvalue weighted by Gasteiger charge is -2.29. The van der Waals surface area contributed by atoms with Crippen LogP contribution in [0.5, 0.6) is 0 Å². The Bertz CT molecular complexity index is 551. The summed E-state index contributed by atoms with van der Waals surface area (Å²) in [5, 5.41) is 3.64. The zero-order chi connectivity index (χ0) is 15.2. The molecule has 0 radical (unpaired) electrons. The van der Waals surface area contributed by atoms with Crippen molar-refractivity contribution in [2.45, 2.75) is 39.3 Å². The summed E-state index contributed by atoms with van der Waals surface area (Å²) in [5.74, 6) is 0.306. The van der Waals surface area contributed by atoms with Crippen LogP contribution in [0.4, 0.5) is 4.39 Å². The van der Waals surface area contributed by atoms with Crippen LogP contribution < -0.4 is 5.32 Å². The smallest absolute Gasteiger partial charge is 0.127 e. The zero-order valence-electron chi connectivity index (χ0n) is 13.0. The van der Waals surface area contributed by atoms with Gasteiger partial charge in [0.05, 0.1) is 0 Å². The highest BCUT2D eigenvalue weighted by atomic mass is 19.1. The van der Waals surface area contributed by atoms with Gasteiger partial charge in [0.1, 0.15) is 5.82 Å². The molecule has 0 aliphatic rings. The Morgan fingerprint density at radius 2 is 1.57 bits per heavy atom. The topological polar surface area (TPSA) is 12.0 Å². The number of halogens is 1. The van der Waals surface area contributed by atoms with E-state index in [4.69, 9.17) is 0 Å². The standard InChI is InChI=1S/C19H24FN/c1-4-18(16-12-8-9-13-17(16)20)21-19(14(2)3)15-10-6-5-7-11-15/h5-14,18-19,21H,4H2,1-3H3. The van der Waals surface area contributed by atoms with Crippen LogP contribution in [0.2, 0.25) is 0 Å². The second-order valence-corrected chi connectivity index (χ2v) is 5.78. The summed E-state index contributed by atoms with van der Waals surface area (Å²) in [7, 11) is 0. The Hall–Kier alpha value is -1.67. The normalized spacial score (nSPS) is 14.1. The molecule has 21 heavy (non-hydrogen) atoms. The van der Waals surface area contributed by atoms with Crippen LogP contribution in [-0.2, 0) is 0 Å². The van der Waals surface area contributed by atoms with Crippen molar-refractivity contribution in [2.75, 3.05) is 0 Å². The summed E-state index contributed by atoms with van der Waals surface area (Å²) in [6.45, 7) is 6.48. The maximum atomic E-state index is 14.0. The van der Waals surface area contributed by atoms with Crippen molar-refractivity contribution in [3.05, 3.63) is 71.5 Å². The van der Waals surface area contributed by atoms with Crippen LogP contribution in [0.15, 0.2) is 54.6 Å². The predicted molar refractivity (Wildman–Crippen MR) is 86.6 cm³/mol. The van der Waals surface area contributed by atoms with Gasteiger partial charge in [0.15, 0.2) is 0 Å². The Balaban J connectivity index is 2.25. The molecule has 112 valence electrons. The van der Waals surface area contributed by atoms with E-state index in [-0.39, 0.29) is 17.9 Å². The Morgan fingerprint density at radius 3 is 2.14 bits per heavy atom. The van der Waals surface area contributed by atoms with Gasteiger partial charge in [-0.15, -0.1) is 0 Å². The number of hydrogen-bond donors (Lipinski definition) is 1. The lowest BCUT2D eigenvalue weighted by molar-refractivity contribution is 0.351. The third-order valence-electron chi connectivity index (χ3n) is 3.89. The van der Waals surface area contributed by atoms with Gasteiger partial charge in [-0.25, -0.2) is 4.39 Å². The predicted octanol–water partition coefficient (Wildman–Crippen LogP) is 5.26. The largest absolute Gasteiger partial charge is 0.303 e. The Morgan fingerprint density at radius 1 is 0.952 bits per heavy atom. The summed E-state index contributed by atoms with van der Waals surface area (Å²) in [6.07, 6.45) is 0.858. The van der Waals surface area contributed by atoms with Crippen LogP contribution >= 0.6 is 0 Å². The van der Waals surface area contributed by atoms with Gasteiger partial charge in [-0.2, -0.15) is 0 Å². The quantitative estimate of drug-likeness (QED) is 0.763. The highest BCUT2D eigenvalue weighted by molar-refractivity contribution is 5.24. The van der Waals surface area contributed by atoms with Gasteiger partial charge in [-0.1, -0.05) is 69.3 Å². The van der Waals surface area contributed by atoms with Crippen LogP contribution in [0.25, 0.3) is 0 Å². The van der Waals surface area contributed by atoms with Crippen molar-refractivity contribution < 1.29 is 4.39 Å². The summed E-state index contributed by atoms with van der Waals surface area (Å²) in [5.41, 5.74) is 2.00. The van der Waals surface area contributed by atoms with Crippen LogP contribution in [0, 0.1) is 11.7 Å². The number of nitrogens with one attached hydrogen (secondary N) is 1. The van der Waals surface area contributed by atoms with Crippen molar-refractivity contribution in [3.8, 4) is 0 Å². The molecule has 0 fully saturated rings. The second-order valence-electron chi connectivity index (χ2n) is 5.78. The first-order chi connectivity index (χ1) is 10.1. The SMILES string of the molecule is CCC(NC(c1ccccc1)C(C)C)c1ccccc1F. The lowest BCUT2D eigenvalue weighted by Crippen LogP contribution is -2.30. The first kappa shape index (κ1) is 15.7. The molecule has 2 rings (SSSR count). The number of hydrogen-bond acceptors (Lipinski definition) is 1. The van der Waals surface area contributed by atoms with Gasteiger partial charge in [0, 0.05) is 17.6 Å². The van der Waals surface area contributed by atoms with E-state index in [1.54, 1.807) is 6.07 Å². The van der Waals surface area contributed by atoms with Crippen molar-refractivity contribution in [2.24, 2.45) is 5.92 Å². The molecule has 0 bridgehead atoms.